The van der Waals surface area contributed by atoms with Crippen LogP contribution in [0.1, 0.15) is 19.4 Å². The van der Waals surface area contributed by atoms with Crippen LogP contribution in [0.2, 0.25) is 0 Å². The number of hydrogen-bond acceptors (Lipinski definition) is 3. The molecule has 1 aromatic rings. The Bertz CT molecular complexity index is 440. The van der Waals surface area contributed by atoms with Gasteiger partial charge in [0.05, 0.1) is 6.04 Å². The van der Waals surface area contributed by atoms with Gasteiger partial charge in [0.15, 0.2) is 0 Å². The van der Waals surface area contributed by atoms with Crippen LogP contribution in [0.15, 0.2) is 24.3 Å². The highest BCUT2D eigenvalue weighted by molar-refractivity contribution is 5.85. The molecule has 1 aromatic carbocycles. The fraction of sp³-hybridized carbons (Fsp3) is 0.500. The largest absolute Gasteiger partial charge is 0.366 e. The molecule has 0 spiro atoms. The van der Waals surface area contributed by atoms with Gasteiger partial charge in [-0.15, -0.1) is 24.8 Å². The van der Waals surface area contributed by atoms with Crippen LogP contribution in [0.5, 0.6) is 0 Å². The van der Waals surface area contributed by atoms with E-state index in [1.54, 1.807) is 6.92 Å². The van der Waals surface area contributed by atoms with Gasteiger partial charge in [-0.3, -0.25) is 4.79 Å². The van der Waals surface area contributed by atoms with Crippen molar-refractivity contribution in [2.75, 3.05) is 18.0 Å². The van der Waals surface area contributed by atoms with Crippen molar-refractivity contribution in [2.24, 2.45) is 5.73 Å². The van der Waals surface area contributed by atoms with E-state index in [2.05, 4.69) is 41.4 Å². The molecule has 2 rings (SSSR count). The molecule has 0 aromatic heterocycles. The van der Waals surface area contributed by atoms with Crippen molar-refractivity contribution in [3.8, 4) is 0 Å². The lowest BCUT2D eigenvalue weighted by atomic mass is 10.2. The molecule has 0 fully saturated rings. The summed E-state index contributed by atoms with van der Waals surface area (Å²) < 4.78 is 0. The lowest BCUT2D eigenvalue weighted by Crippen LogP contribution is -2.45. The summed E-state index contributed by atoms with van der Waals surface area (Å²) in [5.41, 5.74) is 8.21. The number of rotatable bonds is 4. The van der Waals surface area contributed by atoms with Crippen LogP contribution >= 0.6 is 24.8 Å². The number of nitrogens with zero attached hydrogens (tertiary/aromatic N) is 1. The summed E-state index contributed by atoms with van der Waals surface area (Å²) in [6, 6.07) is 8.30. The standard InChI is InChI=1S/C14H21N3O.2ClH/c1-10(9-16-14(18)11(2)15)17-8-7-12-5-3-4-6-13(12)17;;/h3-6,10-11H,7-9,15H2,1-2H3,(H,16,18);2*1H/t10?,11-;;/m1../s1. The van der Waals surface area contributed by atoms with Crippen LogP contribution in [-0.2, 0) is 11.2 Å². The van der Waals surface area contributed by atoms with Crippen LogP contribution in [0.3, 0.4) is 0 Å². The van der Waals surface area contributed by atoms with E-state index in [0.29, 0.717) is 6.54 Å². The quantitative estimate of drug-likeness (QED) is 0.888. The number of nitrogens with one attached hydrogen (secondary N) is 1. The topological polar surface area (TPSA) is 58.4 Å². The first-order valence-electron chi connectivity index (χ1n) is 6.47. The molecule has 6 heteroatoms. The molecule has 0 radical (unpaired) electrons. The SMILES string of the molecule is CC(CNC(=O)[C@@H](C)N)N1CCc2ccccc21.Cl.Cl. The molecule has 0 saturated heterocycles. The average molecular weight is 320 g/mol. The van der Waals surface area contributed by atoms with E-state index in [9.17, 15) is 4.79 Å². The second-order valence-corrected chi connectivity index (χ2v) is 4.95. The minimum absolute atomic E-state index is 0. The molecule has 0 saturated carbocycles. The van der Waals surface area contributed by atoms with Crippen molar-refractivity contribution >= 4 is 36.4 Å². The Hall–Kier alpha value is -0.970. The third kappa shape index (κ3) is 4.27. The van der Waals surface area contributed by atoms with E-state index in [-0.39, 0.29) is 36.8 Å². The van der Waals surface area contributed by atoms with Crippen molar-refractivity contribution in [3.05, 3.63) is 29.8 Å². The van der Waals surface area contributed by atoms with Crippen LogP contribution in [0.4, 0.5) is 5.69 Å². The summed E-state index contributed by atoms with van der Waals surface area (Å²) >= 11 is 0. The highest BCUT2D eigenvalue weighted by Crippen LogP contribution is 2.28. The predicted molar refractivity (Wildman–Crippen MR) is 88.1 cm³/mol. The molecule has 1 amide bonds. The van der Waals surface area contributed by atoms with Gasteiger partial charge in [-0.25, -0.2) is 0 Å². The van der Waals surface area contributed by atoms with Gasteiger partial charge in [0, 0.05) is 24.8 Å². The van der Waals surface area contributed by atoms with Gasteiger partial charge in [-0.2, -0.15) is 0 Å². The Labute approximate surface area is 132 Å². The van der Waals surface area contributed by atoms with Crippen molar-refractivity contribution in [1.82, 2.24) is 5.32 Å². The van der Waals surface area contributed by atoms with Gasteiger partial charge in [0.25, 0.3) is 0 Å². The van der Waals surface area contributed by atoms with E-state index >= 15 is 0 Å². The zero-order valence-corrected chi connectivity index (χ0v) is 13.5. The van der Waals surface area contributed by atoms with E-state index in [0.717, 1.165) is 13.0 Å². The Kier molecular flexibility index (Phi) is 7.94. The van der Waals surface area contributed by atoms with Gasteiger partial charge in [0.1, 0.15) is 0 Å². The van der Waals surface area contributed by atoms with E-state index in [4.69, 9.17) is 5.73 Å². The molecule has 0 bridgehead atoms. The van der Waals surface area contributed by atoms with E-state index < -0.39 is 6.04 Å². The maximum atomic E-state index is 11.5. The summed E-state index contributed by atoms with van der Waals surface area (Å²) in [6.07, 6.45) is 1.09. The molecular formula is C14H23Cl2N3O. The molecule has 2 atom stereocenters. The predicted octanol–water partition coefficient (Wildman–Crippen LogP) is 1.74. The van der Waals surface area contributed by atoms with E-state index in [1.165, 1.54) is 11.3 Å². The second-order valence-electron chi connectivity index (χ2n) is 4.95. The number of para-hydroxylation sites is 1. The number of nitrogens with two attached hydrogens (primary N) is 1. The van der Waals surface area contributed by atoms with Crippen LogP contribution in [0, 0.1) is 0 Å². The molecule has 3 N–H and O–H groups in total. The normalized spacial score (nSPS) is 15.4. The number of carbonyl (C=O) groups excluding carboxylic acids is 1. The highest BCUT2D eigenvalue weighted by atomic mass is 35.5. The maximum Gasteiger partial charge on any atom is 0.236 e. The molecule has 1 unspecified atom stereocenters. The zero-order valence-electron chi connectivity index (χ0n) is 11.8. The minimum Gasteiger partial charge on any atom is -0.366 e. The van der Waals surface area contributed by atoms with Gasteiger partial charge < -0.3 is 16.0 Å². The van der Waals surface area contributed by atoms with Gasteiger partial charge in [-0.05, 0) is 31.9 Å². The summed E-state index contributed by atoms with van der Waals surface area (Å²) in [5, 5.41) is 2.88. The minimum atomic E-state index is -0.442. The Morgan fingerprint density at radius 3 is 2.65 bits per heavy atom. The van der Waals surface area contributed by atoms with Crippen molar-refractivity contribution in [1.29, 1.82) is 0 Å². The number of anilines is 1. The van der Waals surface area contributed by atoms with Crippen molar-refractivity contribution in [2.45, 2.75) is 32.4 Å². The Morgan fingerprint density at radius 1 is 1.35 bits per heavy atom. The van der Waals surface area contributed by atoms with Crippen LogP contribution in [-0.4, -0.2) is 31.1 Å². The van der Waals surface area contributed by atoms with E-state index in [1.807, 2.05) is 0 Å². The third-order valence-electron chi connectivity index (χ3n) is 3.44. The maximum absolute atomic E-state index is 11.5. The number of halogens is 2. The smallest absolute Gasteiger partial charge is 0.236 e. The number of amides is 1. The number of benzene rings is 1. The third-order valence-corrected chi connectivity index (χ3v) is 3.44. The summed E-state index contributed by atoms with van der Waals surface area (Å²) in [4.78, 5) is 13.8. The van der Waals surface area contributed by atoms with Crippen LogP contribution < -0.4 is 16.0 Å². The lowest BCUT2D eigenvalue weighted by molar-refractivity contribution is -0.122. The molecule has 4 nitrogen and oxygen atoms in total. The number of fused-ring (bicyclic) bond motifs is 1. The van der Waals surface area contributed by atoms with Gasteiger partial charge in [-0.1, -0.05) is 18.2 Å². The first kappa shape index (κ1) is 19.0. The second kappa shape index (κ2) is 8.35. The molecule has 1 aliphatic heterocycles. The van der Waals surface area contributed by atoms with Crippen LogP contribution in [0.25, 0.3) is 0 Å². The van der Waals surface area contributed by atoms with Gasteiger partial charge in [0.2, 0.25) is 5.91 Å². The molecule has 1 heterocycles. The molecule has 20 heavy (non-hydrogen) atoms. The van der Waals surface area contributed by atoms with Gasteiger partial charge >= 0.3 is 0 Å². The highest BCUT2D eigenvalue weighted by Gasteiger charge is 2.23. The number of hydrogen-bond donors (Lipinski definition) is 2. The van der Waals surface area contributed by atoms with Crippen molar-refractivity contribution in [3.63, 3.8) is 0 Å². The Morgan fingerprint density at radius 2 is 2.00 bits per heavy atom. The summed E-state index contributed by atoms with van der Waals surface area (Å²) in [7, 11) is 0. The first-order chi connectivity index (χ1) is 8.59. The molecule has 1 aliphatic rings. The number of carbonyl (C=O) groups is 1. The van der Waals surface area contributed by atoms with Crippen molar-refractivity contribution < 1.29 is 4.79 Å². The average Bonchev–Trinajstić information content (AvgIpc) is 2.79. The Balaban J connectivity index is 0.00000180. The lowest BCUT2D eigenvalue weighted by Gasteiger charge is -2.27. The fourth-order valence-electron chi connectivity index (χ4n) is 2.34. The fourth-order valence-corrected chi connectivity index (χ4v) is 2.34. The summed E-state index contributed by atoms with van der Waals surface area (Å²) in [5.74, 6) is -0.0886. The summed E-state index contributed by atoms with van der Waals surface area (Å²) in [6.45, 7) is 5.48. The molecular weight excluding hydrogens is 297 g/mol. The zero-order chi connectivity index (χ0) is 13.1. The monoisotopic (exact) mass is 319 g/mol. The molecule has 114 valence electrons. The molecule has 0 aliphatic carbocycles. The first-order valence-corrected chi connectivity index (χ1v) is 6.47.